The predicted molar refractivity (Wildman–Crippen MR) is 81.4 cm³/mol. The van der Waals surface area contributed by atoms with Gasteiger partial charge in [-0.1, -0.05) is 12.1 Å². The number of ketones is 1. The molecule has 0 fully saturated rings. The number of carbonyl (C=O) groups excluding carboxylic acids is 2. The highest BCUT2D eigenvalue weighted by Gasteiger charge is 2.23. The van der Waals surface area contributed by atoms with Gasteiger partial charge in [-0.2, -0.15) is 0 Å². The van der Waals surface area contributed by atoms with E-state index in [-0.39, 0.29) is 25.2 Å². The van der Waals surface area contributed by atoms with Gasteiger partial charge in [0.2, 0.25) is 12.3 Å². The van der Waals surface area contributed by atoms with Crippen LogP contribution in [0, 0.1) is 0 Å². The minimum atomic E-state index is -2.82. The SMILES string of the molecule is CC(=O)c1cccc(OCCCC(=O)NC(CC(F)F)C(=O)O)c1. The Morgan fingerprint density at radius 1 is 1.29 bits per heavy atom. The molecular formula is C16H19F2NO5. The van der Waals surface area contributed by atoms with Crippen LogP contribution in [0.25, 0.3) is 0 Å². The van der Waals surface area contributed by atoms with Crippen molar-refractivity contribution in [2.75, 3.05) is 6.61 Å². The number of ether oxygens (including phenoxy) is 1. The first-order valence-electron chi connectivity index (χ1n) is 7.33. The molecule has 0 radical (unpaired) electrons. The minimum absolute atomic E-state index is 0.0561. The number of benzene rings is 1. The number of alkyl halides is 2. The standard InChI is InChI=1S/C16H19F2NO5/c1-10(20)11-4-2-5-12(8-11)24-7-3-6-15(21)19-13(16(22)23)9-14(17)18/h2,4-5,8,13-14H,3,6-7,9H2,1H3,(H,19,21)(H,22,23). The van der Waals surface area contributed by atoms with Crippen LogP contribution in [0.15, 0.2) is 24.3 Å². The summed E-state index contributed by atoms with van der Waals surface area (Å²) in [5, 5.41) is 10.8. The molecule has 0 bridgehead atoms. The molecule has 6 nitrogen and oxygen atoms in total. The van der Waals surface area contributed by atoms with E-state index in [9.17, 15) is 23.2 Å². The lowest BCUT2D eigenvalue weighted by Gasteiger charge is -2.14. The third-order valence-electron chi connectivity index (χ3n) is 3.10. The smallest absolute Gasteiger partial charge is 0.326 e. The average Bonchev–Trinajstić information content (AvgIpc) is 2.50. The second kappa shape index (κ2) is 9.59. The van der Waals surface area contributed by atoms with Crippen LogP contribution in [-0.2, 0) is 9.59 Å². The Kier molecular flexibility index (Phi) is 7.81. The van der Waals surface area contributed by atoms with Crippen LogP contribution in [-0.4, -0.2) is 41.8 Å². The largest absolute Gasteiger partial charge is 0.494 e. The predicted octanol–water partition coefficient (Wildman–Crippen LogP) is 2.27. The second-order valence-electron chi connectivity index (χ2n) is 5.12. The van der Waals surface area contributed by atoms with Gasteiger partial charge in [0.05, 0.1) is 6.61 Å². The van der Waals surface area contributed by atoms with Gasteiger partial charge in [0.25, 0.3) is 0 Å². The van der Waals surface area contributed by atoms with Crippen molar-refractivity contribution in [1.82, 2.24) is 5.32 Å². The van der Waals surface area contributed by atoms with E-state index in [0.29, 0.717) is 11.3 Å². The van der Waals surface area contributed by atoms with Crippen LogP contribution in [0.5, 0.6) is 5.75 Å². The number of halogens is 2. The Hall–Kier alpha value is -2.51. The van der Waals surface area contributed by atoms with Gasteiger partial charge in [0, 0.05) is 18.4 Å². The molecule has 0 spiro atoms. The van der Waals surface area contributed by atoms with Gasteiger partial charge in [0.1, 0.15) is 11.8 Å². The molecule has 0 saturated carbocycles. The molecule has 1 unspecified atom stereocenters. The molecule has 1 amide bonds. The van der Waals surface area contributed by atoms with Crippen molar-refractivity contribution >= 4 is 17.7 Å². The van der Waals surface area contributed by atoms with Crippen molar-refractivity contribution in [3.8, 4) is 5.75 Å². The van der Waals surface area contributed by atoms with E-state index in [2.05, 4.69) is 5.32 Å². The highest BCUT2D eigenvalue weighted by molar-refractivity contribution is 5.94. The number of hydrogen-bond acceptors (Lipinski definition) is 4. The summed E-state index contributed by atoms with van der Waals surface area (Å²) in [5.41, 5.74) is 0.501. The lowest BCUT2D eigenvalue weighted by Crippen LogP contribution is -2.42. The van der Waals surface area contributed by atoms with Crippen LogP contribution in [0.4, 0.5) is 8.78 Å². The monoisotopic (exact) mass is 343 g/mol. The maximum Gasteiger partial charge on any atom is 0.326 e. The molecule has 0 aliphatic heterocycles. The molecule has 24 heavy (non-hydrogen) atoms. The number of hydrogen-bond donors (Lipinski definition) is 2. The summed E-state index contributed by atoms with van der Waals surface area (Å²) >= 11 is 0. The third kappa shape index (κ3) is 7.17. The fourth-order valence-corrected chi connectivity index (χ4v) is 1.89. The summed E-state index contributed by atoms with van der Waals surface area (Å²) < 4.78 is 29.8. The first-order valence-corrected chi connectivity index (χ1v) is 7.33. The topological polar surface area (TPSA) is 92.7 Å². The lowest BCUT2D eigenvalue weighted by atomic mass is 10.1. The van der Waals surface area contributed by atoms with E-state index < -0.39 is 30.8 Å². The first kappa shape index (κ1) is 19.5. The van der Waals surface area contributed by atoms with Crippen LogP contribution >= 0.6 is 0 Å². The number of carboxylic acid groups (broad SMARTS) is 1. The quantitative estimate of drug-likeness (QED) is 0.502. The number of carboxylic acids is 1. The molecule has 1 aromatic carbocycles. The van der Waals surface area contributed by atoms with Crippen molar-refractivity contribution < 1.29 is 33.0 Å². The van der Waals surface area contributed by atoms with Gasteiger partial charge < -0.3 is 15.2 Å². The molecule has 0 saturated heterocycles. The number of carbonyl (C=O) groups is 3. The molecule has 2 N–H and O–H groups in total. The fourth-order valence-electron chi connectivity index (χ4n) is 1.89. The van der Waals surface area contributed by atoms with Crippen molar-refractivity contribution in [2.45, 2.75) is 38.7 Å². The van der Waals surface area contributed by atoms with E-state index in [1.165, 1.54) is 6.92 Å². The highest BCUT2D eigenvalue weighted by Crippen LogP contribution is 2.14. The Bertz CT molecular complexity index is 592. The zero-order chi connectivity index (χ0) is 18.1. The summed E-state index contributed by atoms with van der Waals surface area (Å²) in [7, 11) is 0. The number of aliphatic carboxylic acids is 1. The van der Waals surface area contributed by atoms with Crippen LogP contribution in [0.1, 0.15) is 36.5 Å². The molecule has 0 aromatic heterocycles. The molecule has 132 valence electrons. The Morgan fingerprint density at radius 2 is 2.00 bits per heavy atom. The van der Waals surface area contributed by atoms with Gasteiger partial charge >= 0.3 is 5.97 Å². The third-order valence-corrected chi connectivity index (χ3v) is 3.10. The summed E-state index contributed by atoms with van der Waals surface area (Å²) in [5.74, 6) is -1.76. The number of Topliss-reactive ketones (excluding diaryl/α,β-unsaturated/α-hetero) is 1. The summed E-state index contributed by atoms with van der Waals surface area (Å²) in [6.45, 7) is 1.60. The Balaban J connectivity index is 2.36. The molecule has 0 heterocycles. The normalized spacial score (nSPS) is 11.8. The molecular weight excluding hydrogens is 324 g/mol. The van der Waals surface area contributed by atoms with Gasteiger partial charge in [-0.05, 0) is 25.5 Å². The van der Waals surface area contributed by atoms with Crippen molar-refractivity contribution in [3.05, 3.63) is 29.8 Å². The van der Waals surface area contributed by atoms with Crippen molar-refractivity contribution in [2.24, 2.45) is 0 Å². The Labute approximate surface area is 137 Å². The van der Waals surface area contributed by atoms with Crippen LogP contribution in [0.3, 0.4) is 0 Å². The fraction of sp³-hybridized carbons (Fsp3) is 0.438. The van der Waals surface area contributed by atoms with Crippen molar-refractivity contribution in [1.29, 1.82) is 0 Å². The van der Waals surface area contributed by atoms with E-state index in [1.807, 2.05) is 0 Å². The minimum Gasteiger partial charge on any atom is -0.494 e. The van der Waals surface area contributed by atoms with E-state index >= 15 is 0 Å². The zero-order valence-electron chi connectivity index (χ0n) is 13.1. The molecule has 1 atom stereocenters. The lowest BCUT2D eigenvalue weighted by molar-refractivity contribution is -0.143. The van der Waals surface area contributed by atoms with E-state index in [4.69, 9.17) is 9.84 Å². The van der Waals surface area contributed by atoms with Gasteiger partial charge in [-0.15, -0.1) is 0 Å². The van der Waals surface area contributed by atoms with E-state index in [0.717, 1.165) is 0 Å². The second-order valence-corrected chi connectivity index (χ2v) is 5.12. The van der Waals surface area contributed by atoms with Crippen LogP contribution < -0.4 is 10.1 Å². The van der Waals surface area contributed by atoms with E-state index in [1.54, 1.807) is 24.3 Å². The van der Waals surface area contributed by atoms with Gasteiger partial charge in [-0.25, -0.2) is 13.6 Å². The number of amides is 1. The van der Waals surface area contributed by atoms with Crippen molar-refractivity contribution in [3.63, 3.8) is 0 Å². The molecule has 0 aliphatic rings. The highest BCUT2D eigenvalue weighted by atomic mass is 19.3. The maximum atomic E-state index is 12.2. The molecule has 0 aliphatic carbocycles. The Morgan fingerprint density at radius 3 is 2.58 bits per heavy atom. The first-order chi connectivity index (χ1) is 11.3. The number of nitrogens with one attached hydrogen (secondary N) is 1. The van der Waals surface area contributed by atoms with Gasteiger partial charge in [0.15, 0.2) is 5.78 Å². The molecule has 1 aromatic rings. The molecule has 8 heteroatoms. The summed E-state index contributed by atoms with van der Waals surface area (Å²) in [4.78, 5) is 33.6. The number of rotatable bonds is 10. The summed E-state index contributed by atoms with van der Waals surface area (Å²) in [6.07, 6.45) is -3.53. The van der Waals surface area contributed by atoms with Crippen LogP contribution in [0.2, 0.25) is 0 Å². The summed E-state index contributed by atoms with van der Waals surface area (Å²) in [6, 6.07) is 4.95. The molecule has 1 rings (SSSR count). The zero-order valence-corrected chi connectivity index (χ0v) is 13.1. The van der Waals surface area contributed by atoms with Gasteiger partial charge in [-0.3, -0.25) is 9.59 Å². The average molecular weight is 343 g/mol. The maximum absolute atomic E-state index is 12.2.